The standard InChI is InChI=1S/C12H18O3/c1-3-14-12(15-4-2)8-9-10(12)6-5-7-11(9)13/h3-8H2,1-2H3. The maximum atomic E-state index is 11.6. The molecule has 2 aliphatic carbocycles. The van der Waals surface area contributed by atoms with Crippen molar-refractivity contribution in [3.8, 4) is 0 Å². The molecule has 0 saturated carbocycles. The van der Waals surface area contributed by atoms with Crippen molar-refractivity contribution >= 4 is 5.78 Å². The highest BCUT2D eigenvalue weighted by molar-refractivity contribution is 5.99. The quantitative estimate of drug-likeness (QED) is 0.667. The first-order valence-electron chi connectivity index (χ1n) is 5.77. The van der Waals surface area contributed by atoms with Crippen LogP contribution in [-0.4, -0.2) is 24.8 Å². The Morgan fingerprint density at radius 3 is 2.47 bits per heavy atom. The van der Waals surface area contributed by atoms with Crippen LogP contribution in [0, 0.1) is 0 Å². The Kier molecular flexibility index (Phi) is 2.94. The van der Waals surface area contributed by atoms with Gasteiger partial charge in [0.2, 0.25) is 0 Å². The molecule has 15 heavy (non-hydrogen) atoms. The Balaban J connectivity index is 2.21. The fourth-order valence-electron chi connectivity index (χ4n) is 2.54. The third-order valence-corrected chi connectivity index (χ3v) is 3.16. The minimum atomic E-state index is -0.547. The summed E-state index contributed by atoms with van der Waals surface area (Å²) in [5, 5.41) is 0. The first kappa shape index (κ1) is 10.8. The number of rotatable bonds is 4. The maximum Gasteiger partial charge on any atom is 0.195 e. The molecule has 3 nitrogen and oxygen atoms in total. The smallest absolute Gasteiger partial charge is 0.195 e. The number of Topliss-reactive ketones (excluding diaryl/α,β-unsaturated/α-hetero) is 1. The zero-order valence-corrected chi connectivity index (χ0v) is 9.47. The fraction of sp³-hybridized carbons (Fsp3) is 0.750. The van der Waals surface area contributed by atoms with Gasteiger partial charge in [-0.2, -0.15) is 0 Å². The monoisotopic (exact) mass is 210 g/mol. The first-order valence-corrected chi connectivity index (χ1v) is 5.77. The van der Waals surface area contributed by atoms with Gasteiger partial charge < -0.3 is 9.47 Å². The number of ketones is 1. The van der Waals surface area contributed by atoms with E-state index >= 15 is 0 Å². The predicted octanol–water partition coefficient (Wildman–Crippen LogP) is 2.21. The lowest BCUT2D eigenvalue weighted by Gasteiger charge is -2.46. The molecule has 0 aromatic carbocycles. The van der Waals surface area contributed by atoms with Crippen LogP contribution in [0.4, 0.5) is 0 Å². The second-order valence-electron chi connectivity index (χ2n) is 4.03. The largest absolute Gasteiger partial charge is 0.346 e. The molecule has 0 bridgehead atoms. The zero-order valence-electron chi connectivity index (χ0n) is 9.47. The van der Waals surface area contributed by atoms with Crippen molar-refractivity contribution in [3.63, 3.8) is 0 Å². The van der Waals surface area contributed by atoms with Crippen LogP contribution in [0.3, 0.4) is 0 Å². The molecule has 0 N–H and O–H groups in total. The van der Waals surface area contributed by atoms with Gasteiger partial charge in [0, 0.05) is 31.6 Å². The van der Waals surface area contributed by atoms with Gasteiger partial charge in [-0.1, -0.05) is 0 Å². The van der Waals surface area contributed by atoms with Crippen LogP contribution in [0.5, 0.6) is 0 Å². The Morgan fingerprint density at radius 2 is 1.87 bits per heavy atom. The molecule has 0 amide bonds. The summed E-state index contributed by atoms with van der Waals surface area (Å²) >= 11 is 0. The Bertz CT molecular complexity index is 298. The summed E-state index contributed by atoms with van der Waals surface area (Å²) in [5.74, 6) is -0.249. The number of hydrogen-bond acceptors (Lipinski definition) is 3. The van der Waals surface area contributed by atoms with E-state index in [1.165, 1.54) is 0 Å². The van der Waals surface area contributed by atoms with Gasteiger partial charge in [0.05, 0.1) is 0 Å². The van der Waals surface area contributed by atoms with E-state index in [9.17, 15) is 4.79 Å². The number of hydrogen-bond donors (Lipinski definition) is 0. The van der Waals surface area contributed by atoms with E-state index in [2.05, 4.69) is 0 Å². The molecule has 2 rings (SSSR count). The van der Waals surface area contributed by atoms with Crippen LogP contribution in [0.25, 0.3) is 0 Å². The molecule has 2 aliphatic rings. The number of carbonyl (C=O) groups is 1. The molecule has 0 unspecified atom stereocenters. The van der Waals surface area contributed by atoms with Crippen LogP contribution in [0.2, 0.25) is 0 Å². The summed E-state index contributed by atoms with van der Waals surface area (Å²) in [6.07, 6.45) is 3.26. The third-order valence-electron chi connectivity index (χ3n) is 3.16. The van der Waals surface area contributed by atoms with Crippen LogP contribution < -0.4 is 0 Å². The van der Waals surface area contributed by atoms with Crippen molar-refractivity contribution in [2.24, 2.45) is 0 Å². The fourth-order valence-corrected chi connectivity index (χ4v) is 2.54. The van der Waals surface area contributed by atoms with E-state index < -0.39 is 5.79 Å². The molecule has 84 valence electrons. The molecular formula is C12H18O3. The van der Waals surface area contributed by atoms with Gasteiger partial charge in [0.25, 0.3) is 0 Å². The molecular weight excluding hydrogens is 192 g/mol. The number of ether oxygens (including phenoxy) is 2. The van der Waals surface area contributed by atoms with Crippen LogP contribution in [0.1, 0.15) is 39.5 Å². The molecule has 0 spiro atoms. The van der Waals surface area contributed by atoms with Crippen molar-refractivity contribution in [2.75, 3.05) is 13.2 Å². The summed E-state index contributed by atoms with van der Waals surface area (Å²) in [6.45, 7) is 5.18. The SMILES string of the molecule is CCOC1(OCC)CC2=C1CCCC2=O. The van der Waals surface area contributed by atoms with Gasteiger partial charge in [-0.15, -0.1) is 0 Å². The minimum Gasteiger partial charge on any atom is -0.346 e. The van der Waals surface area contributed by atoms with Gasteiger partial charge in [0.15, 0.2) is 11.6 Å². The van der Waals surface area contributed by atoms with Crippen LogP contribution >= 0.6 is 0 Å². The summed E-state index contributed by atoms with van der Waals surface area (Å²) in [4.78, 5) is 11.6. The third kappa shape index (κ3) is 1.64. The van der Waals surface area contributed by atoms with E-state index in [-0.39, 0.29) is 0 Å². The molecule has 0 aromatic rings. The average Bonchev–Trinajstić information content (AvgIpc) is 2.20. The van der Waals surface area contributed by atoms with E-state index in [4.69, 9.17) is 9.47 Å². The van der Waals surface area contributed by atoms with Crippen LogP contribution in [0.15, 0.2) is 11.1 Å². The van der Waals surface area contributed by atoms with Gasteiger partial charge in [-0.3, -0.25) is 4.79 Å². The summed E-state index contributed by atoms with van der Waals surface area (Å²) in [7, 11) is 0. The van der Waals surface area contributed by atoms with Gasteiger partial charge in [-0.05, 0) is 32.3 Å². The van der Waals surface area contributed by atoms with Gasteiger partial charge in [-0.25, -0.2) is 0 Å². The number of carbonyl (C=O) groups excluding carboxylic acids is 1. The molecule has 0 aliphatic heterocycles. The molecule has 3 heteroatoms. The second-order valence-corrected chi connectivity index (χ2v) is 4.03. The minimum absolute atomic E-state index is 0.297. The van der Waals surface area contributed by atoms with Crippen molar-refractivity contribution in [2.45, 2.75) is 45.3 Å². The predicted molar refractivity (Wildman–Crippen MR) is 56.5 cm³/mol. The second kappa shape index (κ2) is 4.06. The molecule has 0 saturated heterocycles. The maximum absolute atomic E-state index is 11.6. The highest BCUT2D eigenvalue weighted by Gasteiger charge is 2.49. The highest BCUT2D eigenvalue weighted by atomic mass is 16.7. The molecule has 0 atom stereocenters. The molecule has 0 radical (unpaired) electrons. The topological polar surface area (TPSA) is 35.5 Å². The summed E-state index contributed by atoms with van der Waals surface area (Å²) in [5.41, 5.74) is 2.09. The lowest BCUT2D eigenvalue weighted by atomic mass is 9.72. The first-order chi connectivity index (χ1) is 7.23. The summed E-state index contributed by atoms with van der Waals surface area (Å²) < 4.78 is 11.4. The Hall–Kier alpha value is -0.670. The molecule has 0 heterocycles. The van der Waals surface area contributed by atoms with E-state index in [1.54, 1.807) is 0 Å². The lowest BCUT2D eigenvalue weighted by Crippen LogP contribution is -2.49. The van der Waals surface area contributed by atoms with Crippen LogP contribution in [-0.2, 0) is 14.3 Å². The lowest BCUT2D eigenvalue weighted by molar-refractivity contribution is -0.222. The molecule has 0 aromatic heterocycles. The van der Waals surface area contributed by atoms with Gasteiger partial charge in [0.1, 0.15) is 0 Å². The molecule has 0 fully saturated rings. The zero-order chi connectivity index (χ0) is 10.9. The highest BCUT2D eigenvalue weighted by Crippen LogP contribution is 2.48. The average molecular weight is 210 g/mol. The van der Waals surface area contributed by atoms with Crippen molar-refractivity contribution in [1.29, 1.82) is 0 Å². The normalized spacial score (nSPS) is 23.7. The van der Waals surface area contributed by atoms with Gasteiger partial charge >= 0.3 is 0 Å². The Morgan fingerprint density at radius 1 is 1.20 bits per heavy atom. The van der Waals surface area contributed by atoms with E-state index in [1.807, 2.05) is 13.8 Å². The van der Waals surface area contributed by atoms with E-state index in [0.29, 0.717) is 31.8 Å². The van der Waals surface area contributed by atoms with Crippen molar-refractivity contribution in [3.05, 3.63) is 11.1 Å². The van der Waals surface area contributed by atoms with Crippen molar-refractivity contribution < 1.29 is 14.3 Å². The van der Waals surface area contributed by atoms with Crippen molar-refractivity contribution in [1.82, 2.24) is 0 Å². The van der Waals surface area contributed by atoms with E-state index in [0.717, 1.165) is 24.0 Å². The Labute approximate surface area is 90.4 Å². The summed E-state index contributed by atoms with van der Waals surface area (Å²) in [6, 6.07) is 0.